The van der Waals surface area contributed by atoms with Crippen LogP contribution < -0.4 is 0 Å². The Morgan fingerprint density at radius 3 is 1.64 bits per heavy atom. The SMILES string of the molecule is CC.CCC(C)(CC)CC(C)(C(=O)OCCN(C)C)C(C)(CC)CC. The Morgan fingerprint density at radius 2 is 1.32 bits per heavy atom. The van der Waals surface area contributed by atoms with E-state index in [9.17, 15) is 4.79 Å². The first-order chi connectivity index (χ1) is 11.5. The highest BCUT2D eigenvalue weighted by atomic mass is 16.5. The number of carbonyl (C=O) groups excluding carboxylic acids is 1. The van der Waals surface area contributed by atoms with Gasteiger partial charge in [-0.3, -0.25) is 4.79 Å². The van der Waals surface area contributed by atoms with Gasteiger partial charge in [0.05, 0.1) is 5.41 Å². The Bertz CT molecular complexity index is 357. The van der Waals surface area contributed by atoms with E-state index in [1.54, 1.807) is 0 Å². The van der Waals surface area contributed by atoms with E-state index >= 15 is 0 Å². The summed E-state index contributed by atoms with van der Waals surface area (Å²) in [7, 11) is 4.00. The van der Waals surface area contributed by atoms with Crippen LogP contribution >= 0.6 is 0 Å². The van der Waals surface area contributed by atoms with Gasteiger partial charge in [-0.25, -0.2) is 0 Å². The molecule has 0 aromatic carbocycles. The Hall–Kier alpha value is -0.570. The summed E-state index contributed by atoms with van der Waals surface area (Å²) in [5, 5.41) is 0. The number of nitrogens with zero attached hydrogens (tertiary/aromatic N) is 1. The Morgan fingerprint density at radius 1 is 0.880 bits per heavy atom. The number of carbonyl (C=O) groups is 1. The normalized spacial score (nSPS) is 14.6. The molecule has 1 unspecified atom stereocenters. The number of hydrogen-bond donors (Lipinski definition) is 0. The van der Waals surface area contributed by atoms with E-state index < -0.39 is 5.41 Å². The average molecular weight is 358 g/mol. The van der Waals surface area contributed by atoms with Crippen LogP contribution in [0.2, 0.25) is 0 Å². The van der Waals surface area contributed by atoms with Crippen molar-refractivity contribution in [2.45, 2.75) is 94.4 Å². The van der Waals surface area contributed by atoms with Crippen molar-refractivity contribution in [1.82, 2.24) is 4.90 Å². The highest BCUT2D eigenvalue weighted by molar-refractivity contribution is 5.77. The Kier molecular flexibility index (Phi) is 12.7. The molecule has 0 saturated carbocycles. The second-order valence-corrected chi connectivity index (χ2v) is 8.23. The van der Waals surface area contributed by atoms with Crippen LogP contribution in [0.4, 0.5) is 0 Å². The lowest BCUT2D eigenvalue weighted by atomic mass is 9.56. The zero-order valence-corrected chi connectivity index (χ0v) is 19.2. The molecule has 0 saturated heterocycles. The van der Waals surface area contributed by atoms with Crippen molar-refractivity contribution in [2.24, 2.45) is 16.2 Å². The van der Waals surface area contributed by atoms with E-state index in [1.807, 2.05) is 32.8 Å². The Labute approximate surface area is 158 Å². The zero-order chi connectivity index (χ0) is 20.3. The van der Waals surface area contributed by atoms with E-state index in [1.165, 1.54) is 0 Å². The topological polar surface area (TPSA) is 29.5 Å². The van der Waals surface area contributed by atoms with Crippen molar-refractivity contribution < 1.29 is 9.53 Å². The van der Waals surface area contributed by atoms with Gasteiger partial charge in [-0.15, -0.1) is 0 Å². The lowest BCUT2D eigenvalue weighted by Gasteiger charge is -2.48. The van der Waals surface area contributed by atoms with Crippen LogP contribution in [-0.4, -0.2) is 38.1 Å². The molecule has 0 radical (unpaired) electrons. The third kappa shape index (κ3) is 7.29. The highest BCUT2D eigenvalue weighted by Crippen LogP contribution is 2.53. The maximum Gasteiger partial charge on any atom is 0.312 e. The molecule has 0 fully saturated rings. The first-order valence-electron chi connectivity index (χ1n) is 10.4. The van der Waals surface area contributed by atoms with E-state index in [0.717, 1.165) is 38.6 Å². The number of hydrogen-bond acceptors (Lipinski definition) is 3. The summed E-state index contributed by atoms with van der Waals surface area (Å²) in [6.07, 6.45) is 5.06. The van der Waals surface area contributed by atoms with Crippen molar-refractivity contribution in [2.75, 3.05) is 27.2 Å². The first kappa shape index (κ1) is 26.7. The molecule has 25 heavy (non-hydrogen) atoms. The van der Waals surface area contributed by atoms with E-state index in [4.69, 9.17) is 4.74 Å². The van der Waals surface area contributed by atoms with Gasteiger partial charge in [-0.1, -0.05) is 68.2 Å². The summed E-state index contributed by atoms with van der Waals surface area (Å²) in [4.78, 5) is 15.1. The monoisotopic (exact) mass is 357 g/mol. The van der Waals surface area contributed by atoms with E-state index in [0.29, 0.717) is 6.61 Å². The van der Waals surface area contributed by atoms with Gasteiger partial charge in [0.25, 0.3) is 0 Å². The number of likely N-dealkylation sites (N-methyl/N-ethyl adjacent to an activating group) is 1. The van der Waals surface area contributed by atoms with Crippen molar-refractivity contribution >= 4 is 5.97 Å². The molecule has 0 spiro atoms. The van der Waals surface area contributed by atoms with Gasteiger partial charge in [-0.2, -0.15) is 0 Å². The molecule has 3 heteroatoms. The first-order valence-corrected chi connectivity index (χ1v) is 10.4. The van der Waals surface area contributed by atoms with Crippen molar-refractivity contribution in [3.63, 3.8) is 0 Å². The molecule has 0 aromatic heterocycles. The maximum absolute atomic E-state index is 13.1. The second-order valence-electron chi connectivity index (χ2n) is 8.23. The number of esters is 1. The largest absolute Gasteiger partial charge is 0.464 e. The average Bonchev–Trinajstić information content (AvgIpc) is 2.61. The van der Waals surface area contributed by atoms with Gasteiger partial charge in [0, 0.05) is 6.54 Å². The van der Waals surface area contributed by atoms with Gasteiger partial charge in [0.1, 0.15) is 6.61 Å². The summed E-state index contributed by atoms with van der Waals surface area (Å²) < 4.78 is 5.72. The molecule has 0 bridgehead atoms. The molecule has 0 amide bonds. The van der Waals surface area contributed by atoms with Crippen LogP contribution in [0.1, 0.15) is 94.4 Å². The minimum atomic E-state index is -0.441. The third-order valence-electron chi connectivity index (χ3n) is 6.60. The quantitative estimate of drug-likeness (QED) is 0.414. The minimum Gasteiger partial charge on any atom is -0.464 e. The molecule has 0 aliphatic carbocycles. The smallest absolute Gasteiger partial charge is 0.312 e. The van der Waals surface area contributed by atoms with Crippen LogP contribution in [0.25, 0.3) is 0 Å². The Balaban J connectivity index is 0. The maximum atomic E-state index is 13.1. The molecule has 0 aromatic rings. The van der Waals surface area contributed by atoms with E-state index in [-0.39, 0.29) is 16.8 Å². The lowest BCUT2D eigenvalue weighted by molar-refractivity contribution is -0.168. The van der Waals surface area contributed by atoms with Gasteiger partial charge in [-0.05, 0) is 51.1 Å². The van der Waals surface area contributed by atoms with Gasteiger partial charge in [0.15, 0.2) is 0 Å². The summed E-state index contributed by atoms with van der Waals surface area (Å²) in [5.41, 5.74) is -0.293. The van der Waals surface area contributed by atoms with Crippen LogP contribution in [0.15, 0.2) is 0 Å². The van der Waals surface area contributed by atoms with Gasteiger partial charge < -0.3 is 9.64 Å². The highest BCUT2D eigenvalue weighted by Gasteiger charge is 2.51. The fourth-order valence-corrected chi connectivity index (χ4v) is 3.40. The molecule has 1 atom stereocenters. The van der Waals surface area contributed by atoms with Crippen LogP contribution in [0.5, 0.6) is 0 Å². The summed E-state index contributed by atoms with van der Waals surface area (Å²) >= 11 is 0. The van der Waals surface area contributed by atoms with Crippen molar-refractivity contribution in [3.8, 4) is 0 Å². The minimum absolute atomic E-state index is 0.0151. The van der Waals surface area contributed by atoms with Crippen molar-refractivity contribution in [1.29, 1.82) is 0 Å². The molecule has 3 nitrogen and oxygen atoms in total. The fraction of sp³-hybridized carbons (Fsp3) is 0.955. The van der Waals surface area contributed by atoms with Crippen LogP contribution in [0.3, 0.4) is 0 Å². The standard InChI is InChI=1S/C20H41NO2.C2H6/c1-10-18(5,11-2)16-20(7,19(6,12-3)13-4)17(22)23-15-14-21(8)9;1-2/h10-16H2,1-9H3;1-2H3. The predicted molar refractivity (Wildman–Crippen MR) is 111 cm³/mol. The molecule has 0 rings (SSSR count). The van der Waals surface area contributed by atoms with Crippen molar-refractivity contribution in [3.05, 3.63) is 0 Å². The molecular weight excluding hydrogens is 310 g/mol. The fourth-order valence-electron chi connectivity index (χ4n) is 3.40. The molecule has 0 heterocycles. The molecule has 0 N–H and O–H groups in total. The van der Waals surface area contributed by atoms with Gasteiger partial charge in [0.2, 0.25) is 0 Å². The summed E-state index contributed by atoms with van der Waals surface area (Å²) in [6.45, 7) is 20.8. The molecule has 0 aliphatic heterocycles. The second kappa shape index (κ2) is 11.9. The summed E-state index contributed by atoms with van der Waals surface area (Å²) in [6, 6.07) is 0. The number of rotatable bonds is 11. The molecule has 152 valence electrons. The van der Waals surface area contributed by atoms with Gasteiger partial charge >= 0.3 is 5.97 Å². The third-order valence-corrected chi connectivity index (χ3v) is 6.60. The van der Waals surface area contributed by atoms with E-state index in [2.05, 4.69) is 48.5 Å². The lowest BCUT2D eigenvalue weighted by Crippen LogP contribution is -2.47. The van der Waals surface area contributed by atoms with Crippen LogP contribution in [0, 0.1) is 16.2 Å². The summed E-state index contributed by atoms with van der Waals surface area (Å²) in [5.74, 6) is -0.0151. The predicted octanol–water partition coefficient (Wildman–Crippen LogP) is 6.17. The number of ether oxygens (including phenoxy) is 1. The zero-order valence-electron chi connectivity index (χ0n) is 19.2. The molecule has 0 aliphatic rings. The van der Waals surface area contributed by atoms with Crippen LogP contribution in [-0.2, 0) is 9.53 Å². The molecular formula is C22H47NO2.